The SMILES string of the molecule is Cc1cc(F)cc(C)c1C(Br)C(C)(C)S(C)(=O)=O. The van der Waals surface area contributed by atoms with E-state index in [9.17, 15) is 12.8 Å². The zero-order valence-electron chi connectivity index (χ0n) is 11.2. The Bertz CT molecular complexity index is 541. The molecule has 0 aliphatic heterocycles. The second-order valence-corrected chi connectivity index (χ2v) is 8.70. The first-order valence-corrected chi connectivity index (χ1v) is 8.39. The molecule has 5 heteroatoms. The molecule has 0 heterocycles. The molecule has 1 atom stereocenters. The smallest absolute Gasteiger partial charge is 0.154 e. The van der Waals surface area contributed by atoms with Crippen LogP contribution in [-0.4, -0.2) is 19.4 Å². The van der Waals surface area contributed by atoms with Gasteiger partial charge in [-0.3, -0.25) is 0 Å². The lowest BCUT2D eigenvalue weighted by Crippen LogP contribution is -2.35. The molecular formula is C13H18BrFO2S. The lowest BCUT2D eigenvalue weighted by molar-refractivity contribution is 0.547. The molecule has 1 rings (SSSR count). The highest BCUT2D eigenvalue weighted by Gasteiger charge is 2.39. The summed E-state index contributed by atoms with van der Waals surface area (Å²) in [6.45, 7) is 6.92. The van der Waals surface area contributed by atoms with Crippen LogP contribution in [0.15, 0.2) is 12.1 Å². The number of hydrogen-bond donors (Lipinski definition) is 0. The van der Waals surface area contributed by atoms with E-state index in [1.165, 1.54) is 18.4 Å². The standard InChI is InChI=1S/C13H18BrFO2S/c1-8-6-10(15)7-9(2)11(8)12(14)13(3,4)18(5,16)17/h6-7,12H,1-5H3. The van der Waals surface area contributed by atoms with E-state index < -0.39 is 14.6 Å². The molecule has 0 saturated carbocycles. The summed E-state index contributed by atoms with van der Waals surface area (Å²) < 4.78 is 36.0. The summed E-state index contributed by atoms with van der Waals surface area (Å²) in [6.07, 6.45) is 1.22. The van der Waals surface area contributed by atoms with Gasteiger partial charge < -0.3 is 0 Å². The minimum Gasteiger partial charge on any atom is -0.229 e. The molecule has 0 spiro atoms. The zero-order valence-corrected chi connectivity index (χ0v) is 13.6. The second-order valence-electron chi connectivity index (χ2n) is 5.19. The molecule has 1 aromatic rings. The van der Waals surface area contributed by atoms with E-state index in [0.29, 0.717) is 0 Å². The molecule has 0 N–H and O–H groups in total. The Morgan fingerprint density at radius 2 is 1.61 bits per heavy atom. The molecule has 0 aliphatic carbocycles. The molecule has 0 saturated heterocycles. The van der Waals surface area contributed by atoms with Crippen molar-refractivity contribution in [2.24, 2.45) is 0 Å². The van der Waals surface area contributed by atoms with Crippen molar-refractivity contribution in [2.45, 2.75) is 37.3 Å². The van der Waals surface area contributed by atoms with Crippen molar-refractivity contribution in [3.63, 3.8) is 0 Å². The lowest BCUT2D eigenvalue weighted by Gasteiger charge is -2.30. The van der Waals surface area contributed by atoms with Gasteiger partial charge in [-0.05, 0) is 56.5 Å². The van der Waals surface area contributed by atoms with Crippen LogP contribution in [0.2, 0.25) is 0 Å². The lowest BCUT2D eigenvalue weighted by atomic mass is 9.93. The maximum atomic E-state index is 13.3. The van der Waals surface area contributed by atoms with E-state index in [4.69, 9.17) is 0 Å². The normalized spacial score (nSPS) is 14.6. The number of alkyl halides is 1. The van der Waals surface area contributed by atoms with Gasteiger partial charge in [0.2, 0.25) is 0 Å². The highest BCUT2D eigenvalue weighted by Crippen LogP contribution is 2.41. The zero-order chi connectivity index (χ0) is 14.3. The van der Waals surface area contributed by atoms with Crippen molar-refractivity contribution in [1.82, 2.24) is 0 Å². The molecule has 0 amide bonds. The Kier molecular flexibility index (Phi) is 4.28. The minimum absolute atomic E-state index is 0.300. The molecule has 102 valence electrons. The van der Waals surface area contributed by atoms with E-state index >= 15 is 0 Å². The van der Waals surface area contributed by atoms with E-state index in [2.05, 4.69) is 15.9 Å². The van der Waals surface area contributed by atoms with Crippen LogP contribution in [0.3, 0.4) is 0 Å². The Balaban J connectivity index is 3.41. The van der Waals surface area contributed by atoms with Crippen LogP contribution in [0.5, 0.6) is 0 Å². The Morgan fingerprint density at radius 3 is 1.94 bits per heavy atom. The van der Waals surface area contributed by atoms with Crippen LogP contribution in [0, 0.1) is 19.7 Å². The first kappa shape index (κ1) is 15.6. The van der Waals surface area contributed by atoms with Gasteiger partial charge in [0, 0.05) is 6.26 Å². The van der Waals surface area contributed by atoms with Crippen LogP contribution in [0.25, 0.3) is 0 Å². The van der Waals surface area contributed by atoms with Crippen molar-refractivity contribution >= 4 is 25.8 Å². The molecule has 0 aliphatic rings. The highest BCUT2D eigenvalue weighted by atomic mass is 79.9. The average molecular weight is 337 g/mol. The van der Waals surface area contributed by atoms with Gasteiger partial charge in [-0.1, -0.05) is 15.9 Å². The van der Waals surface area contributed by atoms with Gasteiger partial charge in [-0.2, -0.15) is 0 Å². The van der Waals surface area contributed by atoms with Gasteiger partial charge in [-0.25, -0.2) is 12.8 Å². The molecule has 0 fully saturated rings. The van der Waals surface area contributed by atoms with Gasteiger partial charge in [0.15, 0.2) is 9.84 Å². The van der Waals surface area contributed by atoms with Gasteiger partial charge in [-0.15, -0.1) is 0 Å². The van der Waals surface area contributed by atoms with Crippen LogP contribution < -0.4 is 0 Å². The molecule has 1 aromatic carbocycles. The summed E-state index contributed by atoms with van der Waals surface area (Å²) in [6, 6.07) is 2.85. The molecule has 2 nitrogen and oxygen atoms in total. The van der Waals surface area contributed by atoms with Crippen LogP contribution in [0.1, 0.15) is 35.4 Å². The third-order valence-corrected chi connectivity index (χ3v) is 7.43. The predicted octanol–water partition coefficient (Wildman–Crippen LogP) is 3.70. The van der Waals surface area contributed by atoms with Gasteiger partial charge in [0.25, 0.3) is 0 Å². The Hall–Kier alpha value is -0.420. The Morgan fingerprint density at radius 1 is 1.22 bits per heavy atom. The third-order valence-electron chi connectivity index (χ3n) is 3.38. The number of halogens is 2. The van der Waals surface area contributed by atoms with Crippen molar-refractivity contribution < 1.29 is 12.8 Å². The molecule has 0 radical (unpaired) electrons. The van der Waals surface area contributed by atoms with Crippen molar-refractivity contribution in [3.8, 4) is 0 Å². The first-order chi connectivity index (χ1) is 7.98. The van der Waals surface area contributed by atoms with Crippen molar-refractivity contribution in [3.05, 3.63) is 34.6 Å². The number of hydrogen-bond acceptors (Lipinski definition) is 2. The Labute approximate surface area is 117 Å². The average Bonchev–Trinajstić information content (AvgIpc) is 2.13. The monoisotopic (exact) mass is 336 g/mol. The summed E-state index contributed by atoms with van der Waals surface area (Å²) in [5.74, 6) is -0.300. The van der Waals surface area contributed by atoms with Gasteiger partial charge in [0.1, 0.15) is 5.82 Å². The number of aryl methyl sites for hydroxylation is 2. The van der Waals surface area contributed by atoms with Crippen LogP contribution in [0.4, 0.5) is 4.39 Å². The fourth-order valence-corrected chi connectivity index (χ4v) is 4.09. The van der Waals surface area contributed by atoms with E-state index in [1.807, 2.05) is 0 Å². The van der Waals surface area contributed by atoms with Crippen molar-refractivity contribution in [2.75, 3.05) is 6.26 Å². The number of rotatable bonds is 3. The van der Waals surface area contributed by atoms with E-state index in [-0.39, 0.29) is 10.6 Å². The summed E-state index contributed by atoms with van der Waals surface area (Å²) in [4.78, 5) is -0.374. The van der Waals surface area contributed by atoms with Crippen LogP contribution in [-0.2, 0) is 9.84 Å². The molecule has 0 aromatic heterocycles. The summed E-state index contributed by atoms with van der Waals surface area (Å²) in [5, 5.41) is 0. The predicted molar refractivity (Wildman–Crippen MR) is 76.5 cm³/mol. The molecule has 18 heavy (non-hydrogen) atoms. The molecule has 1 unspecified atom stereocenters. The summed E-state index contributed by atoms with van der Waals surface area (Å²) in [7, 11) is -3.23. The first-order valence-electron chi connectivity index (χ1n) is 5.58. The molecular weight excluding hydrogens is 319 g/mol. The maximum absolute atomic E-state index is 13.3. The van der Waals surface area contributed by atoms with E-state index in [1.54, 1.807) is 27.7 Å². The number of benzene rings is 1. The fraction of sp³-hybridized carbons (Fsp3) is 0.538. The quantitative estimate of drug-likeness (QED) is 0.788. The highest BCUT2D eigenvalue weighted by molar-refractivity contribution is 9.09. The summed E-state index contributed by atoms with van der Waals surface area (Å²) in [5.41, 5.74) is 2.35. The van der Waals surface area contributed by atoms with Gasteiger partial charge >= 0.3 is 0 Å². The van der Waals surface area contributed by atoms with E-state index in [0.717, 1.165) is 16.7 Å². The third kappa shape index (κ3) is 2.77. The minimum atomic E-state index is -3.23. The molecule has 0 bridgehead atoms. The number of sulfone groups is 1. The van der Waals surface area contributed by atoms with Gasteiger partial charge in [0.05, 0.1) is 9.57 Å². The van der Waals surface area contributed by atoms with Crippen LogP contribution >= 0.6 is 15.9 Å². The second kappa shape index (κ2) is 4.93. The topological polar surface area (TPSA) is 34.1 Å². The largest absolute Gasteiger partial charge is 0.229 e. The summed E-state index contributed by atoms with van der Waals surface area (Å²) >= 11 is 3.47. The maximum Gasteiger partial charge on any atom is 0.154 e. The van der Waals surface area contributed by atoms with Crippen molar-refractivity contribution in [1.29, 1.82) is 0 Å². The fourth-order valence-electron chi connectivity index (χ4n) is 1.86.